The Kier molecular flexibility index (Phi) is 4.05. The van der Waals surface area contributed by atoms with Crippen molar-refractivity contribution in [3.05, 3.63) is 46.7 Å². The maximum Gasteiger partial charge on any atom is 0.363 e. The molecular formula is C10H11N5O4S. The second-order valence-corrected chi connectivity index (χ2v) is 5.56. The zero-order chi connectivity index (χ0) is 14.6. The monoisotopic (exact) mass is 297 g/mol. The number of hydrogen-bond donors (Lipinski definition) is 2. The van der Waals surface area contributed by atoms with E-state index in [1.54, 1.807) is 12.4 Å². The SMILES string of the molecule is O=[N+]([O-])c1ccc(S(=O)(=O)NCCc2ncc[nH]2)cn1. The van der Waals surface area contributed by atoms with E-state index in [1.165, 1.54) is 0 Å². The average Bonchev–Trinajstić information content (AvgIpc) is 2.92. The lowest BCUT2D eigenvalue weighted by Gasteiger charge is -2.04. The van der Waals surface area contributed by atoms with Gasteiger partial charge < -0.3 is 15.1 Å². The first kappa shape index (κ1) is 14.1. The van der Waals surface area contributed by atoms with Crippen molar-refractivity contribution in [1.29, 1.82) is 0 Å². The molecule has 106 valence electrons. The molecule has 0 radical (unpaired) electrons. The van der Waals surface area contributed by atoms with Crippen LogP contribution in [0.3, 0.4) is 0 Å². The Hall–Kier alpha value is -2.33. The maximum atomic E-state index is 11.9. The third-order valence-electron chi connectivity index (χ3n) is 2.43. The molecule has 2 aromatic heterocycles. The average molecular weight is 297 g/mol. The smallest absolute Gasteiger partial charge is 0.358 e. The summed E-state index contributed by atoms with van der Waals surface area (Å²) in [4.78, 5) is 19.9. The molecule has 2 heterocycles. The number of nitro groups is 1. The van der Waals surface area contributed by atoms with Gasteiger partial charge >= 0.3 is 5.82 Å². The first-order valence-corrected chi connectivity index (χ1v) is 7.06. The highest BCUT2D eigenvalue weighted by Gasteiger charge is 2.17. The van der Waals surface area contributed by atoms with E-state index >= 15 is 0 Å². The van der Waals surface area contributed by atoms with Crippen molar-refractivity contribution in [2.24, 2.45) is 0 Å². The van der Waals surface area contributed by atoms with Gasteiger partial charge in [-0.05, 0) is 16.0 Å². The van der Waals surface area contributed by atoms with Gasteiger partial charge in [-0.15, -0.1) is 0 Å². The molecule has 2 aromatic rings. The highest BCUT2D eigenvalue weighted by atomic mass is 32.2. The number of nitrogens with zero attached hydrogens (tertiary/aromatic N) is 3. The predicted molar refractivity (Wildman–Crippen MR) is 68.4 cm³/mol. The summed E-state index contributed by atoms with van der Waals surface area (Å²) in [6.07, 6.45) is 4.58. The summed E-state index contributed by atoms with van der Waals surface area (Å²) < 4.78 is 26.1. The molecule has 2 rings (SSSR count). The molecule has 2 N–H and O–H groups in total. The summed E-state index contributed by atoms with van der Waals surface area (Å²) in [5, 5.41) is 10.4. The Labute approximate surface area is 114 Å². The minimum absolute atomic E-state index is 0.123. The third-order valence-corrected chi connectivity index (χ3v) is 3.87. The third kappa shape index (κ3) is 3.36. The van der Waals surface area contributed by atoms with Gasteiger partial charge in [0.1, 0.15) is 10.7 Å². The largest absolute Gasteiger partial charge is 0.363 e. The second kappa shape index (κ2) is 5.75. The number of pyridine rings is 1. The van der Waals surface area contributed by atoms with Crippen LogP contribution in [-0.4, -0.2) is 34.8 Å². The van der Waals surface area contributed by atoms with Crippen LogP contribution in [0, 0.1) is 10.1 Å². The van der Waals surface area contributed by atoms with E-state index in [0.29, 0.717) is 12.2 Å². The van der Waals surface area contributed by atoms with Gasteiger partial charge in [0.2, 0.25) is 10.0 Å². The summed E-state index contributed by atoms with van der Waals surface area (Å²) in [6, 6.07) is 2.18. The van der Waals surface area contributed by atoms with E-state index in [4.69, 9.17) is 0 Å². The van der Waals surface area contributed by atoms with Crippen molar-refractivity contribution in [3.8, 4) is 0 Å². The maximum absolute atomic E-state index is 11.9. The molecule has 0 spiro atoms. The number of aromatic amines is 1. The number of nitrogens with one attached hydrogen (secondary N) is 2. The zero-order valence-corrected chi connectivity index (χ0v) is 11.0. The summed E-state index contributed by atoms with van der Waals surface area (Å²) in [7, 11) is -3.73. The standard InChI is InChI=1S/C10H11N5O4S/c16-15(17)10-2-1-8(7-13-10)20(18,19)14-4-3-9-11-5-6-12-9/h1-2,5-7,14H,3-4H2,(H,11,12). The van der Waals surface area contributed by atoms with Crippen molar-refractivity contribution >= 4 is 15.8 Å². The molecule has 0 bridgehead atoms. The number of rotatable bonds is 6. The van der Waals surface area contributed by atoms with E-state index in [9.17, 15) is 18.5 Å². The molecule has 0 aromatic carbocycles. The number of sulfonamides is 1. The fraction of sp³-hybridized carbons (Fsp3) is 0.200. The molecule has 0 saturated carbocycles. The molecule has 0 unspecified atom stereocenters. The molecule has 0 amide bonds. The van der Waals surface area contributed by atoms with Crippen molar-refractivity contribution in [3.63, 3.8) is 0 Å². The van der Waals surface area contributed by atoms with Gasteiger partial charge in [-0.3, -0.25) is 0 Å². The van der Waals surface area contributed by atoms with Crippen LogP contribution in [0.15, 0.2) is 35.6 Å². The molecular weight excluding hydrogens is 286 g/mol. The van der Waals surface area contributed by atoms with Crippen LogP contribution in [0.5, 0.6) is 0 Å². The lowest BCUT2D eigenvalue weighted by Crippen LogP contribution is -2.26. The first-order chi connectivity index (χ1) is 9.49. The van der Waals surface area contributed by atoms with Crippen molar-refractivity contribution in [2.75, 3.05) is 6.54 Å². The molecule has 20 heavy (non-hydrogen) atoms. The van der Waals surface area contributed by atoms with Crippen LogP contribution >= 0.6 is 0 Å². The Morgan fingerprint density at radius 3 is 2.70 bits per heavy atom. The lowest BCUT2D eigenvalue weighted by atomic mass is 10.4. The normalized spacial score (nSPS) is 11.4. The molecule has 0 aliphatic rings. The van der Waals surface area contributed by atoms with Gasteiger partial charge in [0.05, 0.1) is 0 Å². The van der Waals surface area contributed by atoms with Crippen LogP contribution < -0.4 is 4.72 Å². The first-order valence-electron chi connectivity index (χ1n) is 5.57. The van der Waals surface area contributed by atoms with Gasteiger partial charge in [0, 0.05) is 31.4 Å². The lowest BCUT2D eigenvalue weighted by molar-refractivity contribution is -0.389. The second-order valence-electron chi connectivity index (χ2n) is 3.79. The Balaban J connectivity index is 2.00. The highest BCUT2D eigenvalue weighted by Crippen LogP contribution is 2.11. The van der Waals surface area contributed by atoms with Crippen LogP contribution in [0.2, 0.25) is 0 Å². The molecule has 0 aliphatic carbocycles. The van der Waals surface area contributed by atoms with E-state index < -0.39 is 20.8 Å². The zero-order valence-electron chi connectivity index (χ0n) is 10.2. The Bertz CT molecular complexity index is 681. The van der Waals surface area contributed by atoms with Gasteiger partial charge in [0.25, 0.3) is 0 Å². The molecule has 0 saturated heterocycles. The van der Waals surface area contributed by atoms with Gasteiger partial charge in [-0.1, -0.05) is 0 Å². The topological polar surface area (TPSA) is 131 Å². The molecule has 0 aliphatic heterocycles. The fourth-order valence-corrected chi connectivity index (χ4v) is 2.44. The van der Waals surface area contributed by atoms with E-state index in [1.807, 2.05) is 0 Å². The number of hydrogen-bond acceptors (Lipinski definition) is 6. The van der Waals surface area contributed by atoms with Gasteiger partial charge in [0.15, 0.2) is 6.20 Å². The number of H-pyrrole nitrogens is 1. The molecule has 0 atom stereocenters. The summed E-state index contributed by atoms with van der Waals surface area (Å²) in [5.74, 6) is 0.258. The summed E-state index contributed by atoms with van der Waals surface area (Å²) in [5.41, 5.74) is 0. The minimum Gasteiger partial charge on any atom is -0.358 e. The molecule has 0 fully saturated rings. The van der Waals surface area contributed by atoms with Crippen molar-refractivity contribution in [2.45, 2.75) is 11.3 Å². The molecule has 9 nitrogen and oxygen atoms in total. The number of aromatic nitrogens is 3. The predicted octanol–water partition coefficient (Wildman–Crippen LogP) is 0.234. The summed E-state index contributed by atoms with van der Waals surface area (Å²) in [6.45, 7) is 0.160. The summed E-state index contributed by atoms with van der Waals surface area (Å²) >= 11 is 0. The quantitative estimate of drug-likeness (QED) is 0.579. The van der Waals surface area contributed by atoms with Gasteiger partial charge in [-0.2, -0.15) is 0 Å². The van der Waals surface area contributed by atoms with Crippen molar-refractivity contribution < 1.29 is 13.3 Å². The fourth-order valence-electron chi connectivity index (χ4n) is 1.46. The van der Waals surface area contributed by atoms with Gasteiger partial charge in [-0.25, -0.2) is 18.1 Å². The van der Waals surface area contributed by atoms with Crippen LogP contribution in [0.25, 0.3) is 0 Å². The van der Waals surface area contributed by atoms with E-state index in [0.717, 1.165) is 18.3 Å². The Morgan fingerprint density at radius 2 is 2.15 bits per heavy atom. The van der Waals surface area contributed by atoms with Crippen molar-refractivity contribution in [1.82, 2.24) is 19.7 Å². The Morgan fingerprint density at radius 1 is 1.35 bits per heavy atom. The van der Waals surface area contributed by atoms with Crippen LogP contribution in [0.1, 0.15) is 5.82 Å². The van der Waals surface area contributed by atoms with Crippen LogP contribution in [0.4, 0.5) is 5.82 Å². The van der Waals surface area contributed by atoms with E-state index in [2.05, 4.69) is 19.7 Å². The van der Waals surface area contributed by atoms with Crippen LogP contribution in [-0.2, 0) is 16.4 Å². The number of imidazole rings is 1. The van der Waals surface area contributed by atoms with E-state index in [-0.39, 0.29) is 11.4 Å². The highest BCUT2D eigenvalue weighted by molar-refractivity contribution is 7.89. The minimum atomic E-state index is -3.73. The molecule has 10 heteroatoms.